The highest BCUT2D eigenvalue weighted by Gasteiger charge is 2.28. The molecule has 0 bridgehead atoms. The van der Waals surface area contributed by atoms with E-state index in [-0.39, 0.29) is 23.4 Å². The molecular formula is C17H24N2O4. The summed E-state index contributed by atoms with van der Waals surface area (Å²) in [5.41, 5.74) is 0.118. The van der Waals surface area contributed by atoms with E-state index in [9.17, 15) is 14.9 Å². The van der Waals surface area contributed by atoms with E-state index in [2.05, 4.69) is 12.2 Å². The molecule has 1 fully saturated rings. The van der Waals surface area contributed by atoms with Crippen LogP contribution < -0.4 is 10.1 Å². The van der Waals surface area contributed by atoms with Gasteiger partial charge in [-0.3, -0.25) is 14.9 Å². The average Bonchev–Trinajstić information content (AvgIpc) is 2.99. The van der Waals surface area contributed by atoms with Gasteiger partial charge in [0.05, 0.1) is 12.0 Å². The van der Waals surface area contributed by atoms with Crippen LogP contribution in [-0.2, 0) is 0 Å². The Bertz CT molecular complexity index is 574. The van der Waals surface area contributed by atoms with Crippen molar-refractivity contribution >= 4 is 11.6 Å². The van der Waals surface area contributed by atoms with Crippen LogP contribution in [0.25, 0.3) is 0 Å². The first-order valence-electron chi connectivity index (χ1n) is 8.20. The Hall–Kier alpha value is -2.11. The maximum Gasteiger partial charge on any atom is 0.311 e. The summed E-state index contributed by atoms with van der Waals surface area (Å²) in [6, 6.07) is 4.49. The van der Waals surface area contributed by atoms with E-state index in [0.29, 0.717) is 11.5 Å². The second kappa shape index (κ2) is 7.94. The van der Waals surface area contributed by atoms with E-state index in [1.807, 2.05) is 0 Å². The standard InChI is InChI=1S/C17H24N2O4/c1-3-4-6-12-7-5-8-14(12)18-17(20)13-9-10-16(23-2)15(11-13)19(21)22/h9-12,14H,3-8H2,1-2H3,(H,18,20). The normalized spacial score (nSPS) is 20.3. The molecule has 0 aliphatic heterocycles. The van der Waals surface area contributed by atoms with Crippen molar-refractivity contribution < 1.29 is 14.5 Å². The minimum atomic E-state index is -0.533. The lowest BCUT2D eigenvalue weighted by atomic mass is 9.96. The monoisotopic (exact) mass is 320 g/mol. The summed E-state index contributed by atoms with van der Waals surface area (Å²) in [5.74, 6) is 0.435. The highest BCUT2D eigenvalue weighted by molar-refractivity contribution is 5.95. The molecule has 1 aromatic carbocycles. The van der Waals surface area contributed by atoms with Crippen LogP contribution >= 0.6 is 0 Å². The van der Waals surface area contributed by atoms with E-state index >= 15 is 0 Å². The van der Waals surface area contributed by atoms with Crippen LogP contribution in [0.1, 0.15) is 55.8 Å². The van der Waals surface area contributed by atoms with Crippen LogP contribution in [0.4, 0.5) is 5.69 Å². The van der Waals surface area contributed by atoms with Crippen molar-refractivity contribution in [1.29, 1.82) is 0 Å². The van der Waals surface area contributed by atoms with E-state index in [0.717, 1.165) is 32.1 Å². The second-order valence-corrected chi connectivity index (χ2v) is 6.06. The molecule has 0 heterocycles. The molecule has 0 aromatic heterocycles. The first-order valence-corrected chi connectivity index (χ1v) is 8.20. The Morgan fingerprint density at radius 2 is 2.22 bits per heavy atom. The van der Waals surface area contributed by atoms with Crippen LogP contribution in [0.5, 0.6) is 5.75 Å². The Morgan fingerprint density at radius 3 is 2.87 bits per heavy atom. The van der Waals surface area contributed by atoms with E-state index in [4.69, 9.17) is 4.74 Å². The molecule has 126 valence electrons. The number of unbranched alkanes of at least 4 members (excludes halogenated alkanes) is 1. The van der Waals surface area contributed by atoms with Gasteiger partial charge in [-0.05, 0) is 37.3 Å². The molecule has 2 atom stereocenters. The predicted octanol–water partition coefficient (Wildman–Crippen LogP) is 3.69. The van der Waals surface area contributed by atoms with Crippen molar-refractivity contribution in [2.24, 2.45) is 5.92 Å². The third-order valence-electron chi connectivity index (χ3n) is 4.54. The van der Waals surface area contributed by atoms with Gasteiger partial charge in [0.25, 0.3) is 5.91 Å². The zero-order valence-electron chi connectivity index (χ0n) is 13.7. The Morgan fingerprint density at radius 1 is 1.43 bits per heavy atom. The molecule has 1 aromatic rings. The lowest BCUT2D eigenvalue weighted by Gasteiger charge is -2.21. The number of amides is 1. The number of carbonyl (C=O) groups is 1. The highest BCUT2D eigenvalue weighted by Crippen LogP contribution is 2.31. The first kappa shape index (κ1) is 17.2. The molecule has 23 heavy (non-hydrogen) atoms. The predicted molar refractivity (Wildman–Crippen MR) is 87.8 cm³/mol. The molecular weight excluding hydrogens is 296 g/mol. The number of benzene rings is 1. The second-order valence-electron chi connectivity index (χ2n) is 6.06. The largest absolute Gasteiger partial charge is 0.490 e. The molecule has 6 heteroatoms. The fourth-order valence-electron chi connectivity index (χ4n) is 3.26. The first-order chi connectivity index (χ1) is 11.1. The fourth-order valence-corrected chi connectivity index (χ4v) is 3.26. The minimum absolute atomic E-state index is 0.160. The van der Waals surface area contributed by atoms with Crippen LogP contribution in [0.3, 0.4) is 0 Å². The van der Waals surface area contributed by atoms with Crippen LogP contribution in [0.15, 0.2) is 18.2 Å². The van der Waals surface area contributed by atoms with Gasteiger partial charge in [-0.1, -0.05) is 26.2 Å². The van der Waals surface area contributed by atoms with Crippen molar-refractivity contribution in [1.82, 2.24) is 5.32 Å². The van der Waals surface area contributed by atoms with Crippen molar-refractivity contribution in [3.8, 4) is 5.75 Å². The van der Waals surface area contributed by atoms with Gasteiger partial charge in [0.1, 0.15) is 0 Å². The molecule has 1 amide bonds. The molecule has 2 rings (SSSR count). The number of nitrogens with zero attached hydrogens (tertiary/aromatic N) is 1. The van der Waals surface area contributed by atoms with Gasteiger partial charge < -0.3 is 10.1 Å². The molecule has 0 spiro atoms. The smallest absolute Gasteiger partial charge is 0.311 e. The number of ether oxygens (including phenoxy) is 1. The van der Waals surface area contributed by atoms with Crippen LogP contribution in [0, 0.1) is 16.0 Å². The molecule has 0 saturated heterocycles. The lowest BCUT2D eigenvalue weighted by molar-refractivity contribution is -0.385. The van der Waals surface area contributed by atoms with Gasteiger partial charge in [-0.2, -0.15) is 0 Å². The summed E-state index contributed by atoms with van der Waals surface area (Å²) in [6.45, 7) is 2.17. The van der Waals surface area contributed by atoms with E-state index in [1.165, 1.54) is 25.7 Å². The van der Waals surface area contributed by atoms with Gasteiger partial charge in [0, 0.05) is 17.7 Å². The number of nitrogens with one attached hydrogen (secondary N) is 1. The Labute approximate surface area is 136 Å². The molecule has 1 saturated carbocycles. The minimum Gasteiger partial charge on any atom is -0.490 e. The molecule has 1 N–H and O–H groups in total. The molecule has 1 aliphatic rings. The number of hydrogen-bond donors (Lipinski definition) is 1. The Balaban J connectivity index is 2.08. The highest BCUT2D eigenvalue weighted by atomic mass is 16.6. The Kier molecular flexibility index (Phi) is 5.96. The summed E-state index contributed by atoms with van der Waals surface area (Å²) in [5, 5.41) is 14.1. The summed E-state index contributed by atoms with van der Waals surface area (Å²) in [6.07, 6.45) is 6.71. The third kappa shape index (κ3) is 4.21. The van der Waals surface area contributed by atoms with Crippen LogP contribution in [0.2, 0.25) is 0 Å². The lowest BCUT2D eigenvalue weighted by Crippen LogP contribution is -2.37. The number of rotatable bonds is 7. The maximum atomic E-state index is 12.4. The summed E-state index contributed by atoms with van der Waals surface area (Å²) < 4.78 is 4.96. The molecule has 6 nitrogen and oxygen atoms in total. The summed E-state index contributed by atoms with van der Waals surface area (Å²) in [7, 11) is 1.37. The van der Waals surface area contributed by atoms with Crippen molar-refractivity contribution in [2.45, 2.75) is 51.5 Å². The van der Waals surface area contributed by atoms with Gasteiger partial charge >= 0.3 is 5.69 Å². The summed E-state index contributed by atoms with van der Waals surface area (Å²) >= 11 is 0. The van der Waals surface area contributed by atoms with Crippen molar-refractivity contribution in [3.05, 3.63) is 33.9 Å². The quantitative estimate of drug-likeness (QED) is 0.613. The van der Waals surface area contributed by atoms with E-state index < -0.39 is 4.92 Å². The average molecular weight is 320 g/mol. The van der Waals surface area contributed by atoms with E-state index in [1.54, 1.807) is 6.07 Å². The number of carbonyl (C=O) groups excluding carboxylic acids is 1. The van der Waals surface area contributed by atoms with Gasteiger partial charge in [0.2, 0.25) is 0 Å². The molecule has 0 radical (unpaired) electrons. The zero-order chi connectivity index (χ0) is 16.8. The van der Waals surface area contributed by atoms with Crippen molar-refractivity contribution in [3.63, 3.8) is 0 Å². The number of nitro benzene ring substituents is 1. The van der Waals surface area contributed by atoms with Gasteiger partial charge in [-0.25, -0.2) is 0 Å². The summed E-state index contributed by atoms with van der Waals surface area (Å²) in [4.78, 5) is 23.0. The number of nitro groups is 1. The topological polar surface area (TPSA) is 81.5 Å². The van der Waals surface area contributed by atoms with Gasteiger partial charge in [-0.15, -0.1) is 0 Å². The number of methoxy groups -OCH3 is 1. The third-order valence-corrected chi connectivity index (χ3v) is 4.54. The zero-order valence-corrected chi connectivity index (χ0v) is 13.7. The van der Waals surface area contributed by atoms with Crippen LogP contribution in [-0.4, -0.2) is 24.0 Å². The number of hydrogen-bond acceptors (Lipinski definition) is 4. The molecule has 2 unspecified atom stereocenters. The molecule has 1 aliphatic carbocycles. The van der Waals surface area contributed by atoms with Gasteiger partial charge in [0.15, 0.2) is 5.75 Å². The fraction of sp³-hybridized carbons (Fsp3) is 0.588. The maximum absolute atomic E-state index is 12.4. The van der Waals surface area contributed by atoms with Crippen molar-refractivity contribution in [2.75, 3.05) is 7.11 Å². The SMILES string of the molecule is CCCCC1CCCC1NC(=O)c1ccc(OC)c([N+](=O)[O-])c1.